The Kier molecular flexibility index (Phi) is 5.42. The van der Waals surface area contributed by atoms with Crippen LogP contribution in [0.1, 0.15) is 35.2 Å². The Morgan fingerprint density at radius 1 is 1.10 bits per heavy atom. The van der Waals surface area contributed by atoms with Crippen LogP contribution in [-0.4, -0.2) is 86.5 Å². The van der Waals surface area contributed by atoms with Gasteiger partial charge in [-0.15, -0.1) is 0 Å². The molecule has 3 saturated heterocycles. The van der Waals surface area contributed by atoms with Crippen molar-refractivity contribution in [3.05, 3.63) is 35.4 Å². The number of likely N-dealkylation sites (tertiary alicyclic amines) is 3. The van der Waals surface area contributed by atoms with Crippen molar-refractivity contribution in [2.75, 3.05) is 60.0 Å². The summed E-state index contributed by atoms with van der Waals surface area (Å²) in [5.41, 5.74) is 1.48. The fourth-order valence-electron chi connectivity index (χ4n) is 5.89. The van der Waals surface area contributed by atoms with Crippen LogP contribution >= 0.6 is 0 Å². The topological polar surface area (TPSA) is 53.1 Å². The SMILES string of the molecule is COCCN1CC2(CCN(C(=O)c3ccccc3C)CC2)[C@]2(CCN(C)C2=O)C1. The van der Waals surface area contributed by atoms with Gasteiger partial charge in [-0.3, -0.25) is 14.5 Å². The first-order valence-corrected chi connectivity index (χ1v) is 10.7. The lowest BCUT2D eigenvalue weighted by Crippen LogP contribution is -2.53. The number of rotatable bonds is 4. The third kappa shape index (κ3) is 3.26. The van der Waals surface area contributed by atoms with E-state index < -0.39 is 0 Å². The molecule has 2 spiro atoms. The molecule has 0 aliphatic carbocycles. The van der Waals surface area contributed by atoms with Gasteiger partial charge in [0.25, 0.3) is 5.91 Å². The molecule has 0 aromatic heterocycles. The number of benzene rings is 1. The van der Waals surface area contributed by atoms with Gasteiger partial charge in [0, 0.05) is 64.4 Å². The number of carbonyl (C=O) groups is 2. The summed E-state index contributed by atoms with van der Waals surface area (Å²) < 4.78 is 5.30. The van der Waals surface area contributed by atoms with Crippen molar-refractivity contribution < 1.29 is 14.3 Å². The van der Waals surface area contributed by atoms with E-state index in [2.05, 4.69) is 4.90 Å². The predicted molar refractivity (Wildman–Crippen MR) is 112 cm³/mol. The second-order valence-electron chi connectivity index (χ2n) is 9.15. The normalized spacial score (nSPS) is 26.8. The highest BCUT2D eigenvalue weighted by Crippen LogP contribution is 2.57. The molecule has 0 unspecified atom stereocenters. The fraction of sp³-hybridized carbons (Fsp3) is 0.652. The Morgan fingerprint density at radius 2 is 1.83 bits per heavy atom. The summed E-state index contributed by atoms with van der Waals surface area (Å²) in [4.78, 5) is 32.7. The van der Waals surface area contributed by atoms with Gasteiger partial charge in [0.15, 0.2) is 0 Å². The monoisotopic (exact) mass is 399 g/mol. The summed E-state index contributed by atoms with van der Waals surface area (Å²) in [5.74, 6) is 0.423. The third-order valence-electron chi connectivity index (χ3n) is 7.66. The van der Waals surface area contributed by atoms with Gasteiger partial charge >= 0.3 is 0 Å². The Morgan fingerprint density at radius 3 is 2.45 bits per heavy atom. The minimum absolute atomic E-state index is 0.0366. The van der Waals surface area contributed by atoms with Crippen LogP contribution < -0.4 is 0 Å². The number of aryl methyl sites for hydroxylation is 1. The number of piperidine rings is 1. The molecule has 29 heavy (non-hydrogen) atoms. The Balaban J connectivity index is 1.54. The first-order valence-electron chi connectivity index (χ1n) is 10.7. The number of hydrogen-bond donors (Lipinski definition) is 0. The number of nitrogens with zero attached hydrogens (tertiary/aromatic N) is 3. The molecule has 3 aliphatic heterocycles. The molecule has 0 N–H and O–H groups in total. The van der Waals surface area contributed by atoms with Gasteiger partial charge < -0.3 is 14.5 Å². The van der Waals surface area contributed by atoms with Crippen molar-refractivity contribution in [1.82, 2.24) is 14.7 Å². The zero-order chi connectivity index (χ0) is 20.6. The summed E-state index contributed by atoms with van der Waals surface area (Å²) in [7, 11) is 3.66. The molecule has 158 valence electrons. The zero-order valence-electron chi connectivity index (χ0n) is 17.9. The molecule has 2 amide bonds. The predicted octanol–water partition coefficient (Wildman–Crippen LogP) is 2.03. The average molecular weight is 400 g/mol. The van der Waals surface area contributed by atoms with Gasteiger partial charge in [-0.2, -0.15) is 0 Å². The molecule has 1 aromatic carbocycles. The second kappa shape index (κ2) is 7.73. The van der Waals surface area contributed by atoms with Gasteiger partial charge in [0.1, 0.15) is 0 Å². The number of methoxy groups -OCH3 is 1. The van der Waals surface area contributed by atoms with Crippen LogP contribution in [0, 0.1) is 17.8 Å². The molecule has 6 nitrogen and oxygen atoms in total. The maximum Gasteiger partial charge on any atom is 0.254 e. The number of hydrogen-bond acceptors (Lipinski definition) is 4. The summed E-state index contributed by atoms with van der Waals surface area (Å²) >= 11 is 0. The van der Waals surface area contributed by atoms with Gasteiger partial charge in [0.05, 0.1) is 12.0 Å². The standard InChI is InChI=1S/C23H33N3O3/c1-18-6-4-5-7-19(18)20(27)26-12-8-22(9-13-26)16-25(14-15-29-3)17-23(22)10-11-24(2)21(23)28/h4-7H,8-17H2,1-3H3/t23-/m1/s1. The van der Waals surface area contributed by atoms with Crippen LogP contribution in [0.25, 0.3) is 0 Å². The molecule has 6 heteroatoms. The maximum absolute atomic E-state index is 13.3. The highest BCUT2D eigenvalue weighted by Gasteiger charge is 2.64. The Hall–Kier alpha value is -1.92. The lowest BCUT2D eigenvalue weighted by molar-refractivity contribution is -0.141. The molecule has 1 atom stereocenters. The lowest BCUT2D eigenvalue weighted by atomic mass is 9.60. The van der Waals surface area contributed by atoms with Crippen LogP contribution in [-0.2, 0) is 9.53 Å². The minimum atomic E-state index is -0.298. The summed E-state index contributed by atoms with van der Waals surface area (Å²) in [6, 6.07) is 7.81. The molecule has 3 heterocycles. The lowest BCUT2D eigenvalue weighted by Gasteiger charge is -2.47. The smallest absolute Gasteiger partial charge is 0.254 e. The van der Waals surface area contributed by atoms with Crippen molar-refractivity contribution in [3.8, 4) is 0 Å². The molecular formula is C23H33N3O3. The third-order valence-corrected chi connectivity index (χ3v) is 7.66. The van der Waals surface area contributed by atoms with Gasteiger partial charge in [-0.25, -0.2) is 0 Å². The molecule has 0 bridgehead atoms. The van der Waals surface area contributed by atoms with Crippen molar-refractivity contribution in [2.45, 2.75) is 26.2 Å². The largest absolute Gasteiger partial charge is 0.383 e. The zero-order valence-corrected chi connectivity index (χ0v) is 17.9. The highest BCUT2D eigenvalue weighted by atomic mass is 16.5. The van der Waals surface area contributed by atoms with E-state index in [0.717, 1.165) is 69.7 Å². The van der Waals surface area contributed by atoms with E-state index in [4.69, 9.17) is 4.74 Å². The summed E-state index contributed by atoms with van der Waals surface area (Å²) in [6.07, 6.45) is 2.72. The first kappa shape index (κ1) is 20.4. The average Bonchev–Trinajstić information content (AvgIpc) is 3.19. The second-order valence-corrected chi connectivity index (χ2v) is 9.15. The highest BCUT2D eigenvalue weighted by molar-refractivity contribution is 5.95. The van der Waals surface area contributed by atoms with E-state index in [0.29, 0.717) is 12.5 Å². The first-order chi connectivity index (χ1) is 13.9. The van der Waals surface area contributed by atoms with E-state index in [-0.39, 0.29) is 16.7 Å². The van der Waals surface area contributed by atoms with Crippen molar-refractivity contribution in [1.29, 1.82) is 0 Å². The van der Waals surface area contributed by atoms with E-state index in [1.54, 1.807) is 7.11 Å². The van der Waals surface area contributed by atoms with Crippen LogP contribution in [0.3, 0.4) is 0 Å². The number of carbonyl (C=O) groups excluding carboxylic acids is 2. The number of amides is 2. The molecule has 0 saturated carbocycles. The minimum Gasteiger partial charge on any atom is -0.383 e. The van der Waals surface area contributed by atoms with E-state index in [9.17, 15) is 9.59 Å². The number of fused-ring (bicyclic) bond motifs is 1. The molecule has 0 radical (unpaired) electrons. The van der Waals surface area contributed by atoms with Crippen LogP contribution in [0.15, 0.2) is 24.3 Å². The van der Waals surface area contributed by atoms with Crippen LogP contribution in [0.4, 0.5) is 0 Å². The maximum atomic E-state index is 13.3. The van der Waals surface area contributed by atoms with E-state index in [1.165, 1.54) is 0 Å². The quantitative estimate of drug-likeness (QED) is 0.777. The molecule has 3 aliphatic rings. The molecule has 3 fully saturated rings. The van der Waals surface area contributed by atoms with E-state index >= 15 is 0 Å². The fourth-order valence-corrected chi connectivity index (χ4v) is 5.89. The summed E-state index contributed by atoms with van der Waals surface area (Å²) in [5, 5.41) is 0. The molecular weight excluding hydrogens is 366 g/mol. The molecule has 4 rings (SSSR count). The number of ether oxygens (including phenoxy) is 1. The Labute approximate surface area is 173 Å². The Bertz CT molecular complexity index is 787. The van der Waals surface area contributed by atoms with E-state index in [1.807, 2.05) is 48.0 Å². The van der Waals surface area contributed by atoms with Crippen LogP contribution in [0.5, 0.6) is 0 Å². The van der Waals surface area contributed by atoms with Crippen LogP contribution in [0.2, 0.25) is 0 Å². The van der Waals surface area contributed by atoms with Crippen molar-refractivity contribution in [3.63, 3.8) is 0 Å². The van der Waals surface area contributed by atoms with Gasteiger partial charge in [-0.1, -0.05) is 18.2 Å². The van der Waals surface area contributed by atoms with Gasteiger partial charge in [-0.05, 0) is 37.8 Å². The summed E-state index contributed by atoms with van der Waals surface area (Å²) in [6.45, 7) is 7.59. The van der Waals surface area contributed by atoms with Gasteiger partial charge in [0.2, 0.25) is 5.91 Å². The molecule has 1 aromatic rings. The van der Waals surface area contributed by atoms with Crippen molar-refractivity contribution in [2.24, 2.45) is 10.8 Å². The van der Waals surface area contributed by atoms with Crippen molar-refractivity contribution >= 4 is 11.8 Å².